The Kier molecular flexibility index (Phi) is 5.62. The topological polar surface area (TPSA) is 80.3 Å². The van der Waals surface area contributed by atoms with E-state index in [0.717, 1.165) is 0 Å². The Hall–Kier alpha value is -2.96. The number of ether oxygens (including phenoxy) is 1. The number of halogens is 1. The highest BCUT2D eigenvalue weighted by atomic mass is 19.1. The van der Waals surface area contributed by atoms with Crippen LogP contribution < -0.4 is 15.4 Å². The van der Waals surface area contributed by atoms with E-state index in [2.05, 4.69) is 15.6 Å². The first-order chi connectivity index (χ1) is 11.0. The van der Waals surface area contributed by atoms with Crippen molar-refractivity contribution in [1.29, 1.82) is 0 Å². The Balaban J connectivity index is 1.76. The fourth-order valence-corrected chi connectivity index (χ4v) is 1.78. The first kappa shape index (κ1) is 16.4. The van der Waals surface area contributed by atoms with Gasteiger partial charge in [-0.05, 0) is 23.8 Å². The molecule has 120 valence electrons. The SMILES string of the molecule is CC(=O)Nc1ccc(OCC(=O)NCc2cccc(F)c2)nc1. The quantitative estimate of drug-likeness (QED) is 0.852. The van der Waals surface area contributed by atoms with E-state index in [1.807, 2.05) is 0 Å². The molecule has 6 nitrogen and oxygen atoms in total. The highest BCUT2D eigenvalue weighted by Crippen LogP contribution is 2.11. The maximum absolute atomic E-state index is 13.0. The molecule has 1 aromatic carbocycles. The lowest BCUT2D eigenvalue weighted by Gasteiger charge is -2.08. The summed E-state index contributed by atoms with van der Waals surface area (Å²) >= 11 is 0. The van der Waals surface area contributed by atoms with Gasteiger partial charge in [-0.1, -0.05) is 12.1 Å². The Morgan fingerprint density at radius 1 is 1.26 bits per heavy atom. The van der Waals surface area contributed by atoms with Crippen LogP contribution in [0.15, 0.2) is 42.6 Å². The standard InChI is InChI=1S/C16H16FN3O3/c1-11(21)20-14-5-6-16(19-9-14)23-10-15(22)18-8-12-3-2-4-13(17)7-12/h2-7,9H,8,10H2,1H3,(H,18,22)(H,20,21). The van der Waals surface area contributed by atoms with Crippen molar-refractivity contribution in [2.75, 3.05) is 11.9 Å². The van der Waals surface area contributed by atoms with Crippen molar-refractivity contribution in [3.05, 3.63) is 54.0 Å². The van der Waals surface area contributed by atoms with E-state index in [9.17, 15) is 14.0 Å². The van der Waals surface area contributed by atoms with Crippen LogP contribution in [-0.2, 0) is 16.1 Å². The minimum atomic E-state index is -0.351. The average Bonchev–Trinajstić information content (AvgIpc) is 2.52. The molecule has 2 N–H and O–H groups in total. The number of amides is 2. The summed E-state index contributed by atoms with van der Waals surface area (Å²) in [5.41, 5.74) is 1.21. The Morgan fingerprint density at radius 2 is 2.09 bits per heavy atom. The van der Waals surface area contributed by atoms with Crippen LogP contribution in [-0.4, -0.2) is 23.4 Å². The summed E-state index contributed by atoms with van der Waals surface area (Å²) in [6, 6.07) is 9.15. The first-order valence-corrected chi connectivity index (χ1v) is 6.90. The number of rotatable bonds is 6. The molecule has 0 aliphatic heterocycles. The molecule has 0 bridgehead atoms. The van der Waals surface area contributed by atoms with Gasteiger partial charge in [0.1, 0.15) is 5.82 Å². The van der Waals surface area contributed by atoms with Crippen LogP contribution in [0.4, 0.5) is 10.1 Å². The molecule has 7 heteroatoms. The van der Waals surface area contributed by atoms with Crippen molar-refractivity contribution in [2.24, 2.45) is 0 Å². The van der Waals surface area contributed by atoms with E-state index in [1.54, 1.807) is 24.3 Å². The van der Waals surface area contributed by atoms with Gasteiger partial charge in [0.05, 0.1) is 11.9 Å². The second-order valence-corrected chi connectivity index (χ2v) is 4.76. The highest BCUT2D eigenvalue weighted by Gasteiger charge is 2.05. The molecular formula is C16H16FN3O3. The maximum atomic E-state index is 13.0. The second kappa shape index (κ2) is 7.88. The monoisotopic (exact) mass is 317 g/mol. The summed E-state index contributed by atoms with van der Waals surface area (Å²) in [6.45, 7) is 1.41. The van der Waals surface area contributed by atoms with Crippen LogP contribution in [0.3, 0.4) is 0 Å². The largest absolute Gasteiger partial charge is 0.468 e. The summed E-state index contributed by atoms with van der Waals surface area (Å²) < 4.78 is 18.2. The van der Waals surface area contributed by atoms with Crippen molar-refractivity contribution < 1.29 is 18.7 Å². The van der Waals surface area contributed by atoms with Crippen LogP contribution in [0.5, 0.6) is 5.88 Å². The third kappa shape index (κ3) is 5.74. The van der Waals surface area contributed by atoms with Gasteiger partial charge in [-0.2, -0.15) is 0 Å². The van der Waals surface area contributed by atoms with Gasteiger partial charge in [-0.25, -0.2) is 9.37 Å². The number of carbonyl (C=O) groups excluding carboxylic acids is 2. The highest BCUT2D eigenvalue weighted by molar-refractivity contribution is 5.88. The van der Waals surface area contributed by atoms with Crippen LogP contribution in [0, 0.1) is 5.82 Å². The molecule has 0 fully saturated rings. The minimum Gasteiger partial charge on any atom is -0.468 e. The number of hydrogen-bond donors (Lipinski definition) is 2. The molecule has 0 radical (unpaired) electrons. The van der Waals surface area contributed by atoms with E-state index in [4.69, 9.17) is 4.74 Å². The van der Waals surface area contributed by atoms with Gasteiger partial charge in [0.25, 0.3) is 5.91 Å². The number of aromatic nitrogens is 1. The third-order valence-electron chi connectivity index (χ3n) is 2.79. The van der Waals surface area contributed by atoms with Crippen LogP contribution in [0.1, 0.15) is 12.5 Å². The number of carbonyl (C=O) groups is 2. The molecule has 1 aromatic heterocycles. The summed E-state index contributed by atoms with van der Waals surface area (Å²) in [6.07, 6.45) is 1.43. The predicted molar refractivity (Wildman–Crippen MR) is 82.3 cm³/mol. The molecule has 0 atom stereocenters. The smallest absolute Gasteiger partial charge is 0.258 e. The fourth-order valence-electron chi connectivity index (χ4n) is 1.78. The normalized spacial score (nSPS) is 10.0. The molecule has 0 saturated heterocycles. The molecule has 0 spiro atoms. The zero-order chi connectivity index (χ0) is 16.7. The number of anilines is 1. The first-order valence-electron chi connectivity index (χ1n) is 6.90. The zero-order valence-corrected chi connectivity index (χ0v) is 12.5. The number of benzene rings is 1. The Labute approximate surface area is 132 Å². The Morgan fingerprint density at radius 3 is 2.74 bits per heavy atom. The van der Waals surface area contributed by atoms with Crippen molar-refractivity contribution >= 4 is 17.5 Å². The summed E-state index contributed by atoms with van der Waals surface area (Å²) in [5.74, 6) is -0.629. The van der Waals surface area contributed by atoms with Crippen molar-refractivity contribution in [1.82, 2.24) is 10.3 Å². The lowest BCUT2D eigenvalue weighted by molar-refractivity contribution is -0.123. The summed E-state index contributed by atoms with van der Waals surface area (Å²) in [7, 11) is 0. The van der Waals surface area contributed by atoms with Gasteiger partial charge in [0, 0.05) is 19.5 Å². The molecular weight excluding hydrogens is 301 g/mol. The number of nitrogens with zero attached hydrogens (tertiary/aromatic N) is 1. The summed E-state index contributed by atoms with van der Waals surface area (Å²) in [4.78, 5) is 26.5. The minimum absolute atomic E-state index is 0.197. The number of nitrogens with one attached hydrogen (secondary N) is 2. The van der Waals surface area contributed by atoms with Crippen molar-refractivity contribution in [3.8, 4) is 5.88 Å². The molecule has 0 unspecified atom stereocenters. The van der Waals surface area contributed by atoms with Gasteiger partial charge < -0.3 is 15.4 Å². The van der Waals surface area contributed by atoms with Crippen LogP contribution in [0.2, 0.25) is 0 Å². The molecule has 2 amide bonds. The van der Waals surface area contributed by atoms with Crippen LogP contribution >= 0.6 is 0 Å². The van der Waals surface area contributed by atoms with Crippen LogP contribution in [0.25, 0.3) is 0 Å². The van der Waals surface area contributed by atoms with Gasteiger partial charge >= 0.3 is 0 Å². The van der Waals surface area contributed by atoms with E-state index in [1.165, 1.54) is 25.3 Å². The molecule has 1 heterocycles. The fraction of sp³-hybridized carbons (Fsp3) is 0.188. The molecule has 0 saturated carbocycles. The van der Waals surface area contributed by atoms with Gasteiger partial charge in [-0.3, -0.25) is 9.59 Å². The lowest BCUT2D eigenvalue weighted by atomic mass is 10.2. The zero-order valence-electron chi connectivity index (χ0n) is 12.5. The average molecular weight is 317 g/mol. The second-order valence-electron chi connectivity index (χ2n) is 4.76. The number of hydrogen-bond acceptors (Lipinski definition) is 4. The Bertz CT molecular complexity index is 689. The van der Waals surface area contributed by atoms with Gasteiger partial charge in [-0.15, -0.1) is 0 Å². The van der Waals surface area contributed by atoms with Gasteiger partial charge in [0.2, 0.25) is 11.8 Å². The maximum Gasteiger partial charge on any atom is 0.258 e. The van der Waals surface area contributed by atoms with Gasteiger partial charge in [0.15, 0.2) is 6.61 Å². The van der Waals surface area contributed by atoms with E-state index >= 15 is 0 Å². The molecule has 2 rings (SSSR count). The lowest BCUT2D eigenvalue weighted by Crippen LogP contribution is -2.28. The van der Waals surface area contributed by atoms with E-state index in [-0.39, 0.29) is 36.7 Å². The third-order valence-corrected chi connectivity index (χ3v) is 2.79. The molecule has 0 aliphatic rings. The predicted octanol–water partition coefficient (Wildman–Crippen LogP) is 1.87. The number of pyridine rings is 1. The van der Waals surface area contributed by atoms with E-state index < -0.39 is 0 Å². The van der Waals surface area contributed by atoms with Crippen molar-refractivity contribution in [2.45, 2.75) is 13.5 Å². The summed E-state index contributed by atoms with van der Waals surface area (Å²) in [5, 5.41) is 5.19. The van der Waals surface area contributed by atoms with E-state index in [0.29, 0.717) is 11.3 Å². The molecule has 23 heavy (non-hydrogen) atoms. The van der Waals surface area contributed by atoms with Crippen molar-refractivity contribution in [3.63, 3.8) is 0 Å². The molecule has 2 aromatic rings. The molecule has 0 aliphatic carbocycles.